The number of H-pyrrole nitrogens is 1. The van der Waals surface area contributed by atoms with Crippen LogP contribution in [0.5, 0.6) is 0 Å². The fourth-order valence-electron chi connectivity index (χ4n) is 3.72. The van der Waals surface area contributed by atoms with Gasteiger partial charge in [-0.25, -0.2) is 15.0 Å². The van der Waals surface area contributed by atoms with Crippen LogP contribution >= 0.6 is 11.8 Å². The summed E-state index contributed by atoms with van der Waals surface area (Å²) in [5.41, 5.74) is 14.7. The van der Waals surface area contributed by atoms with Gasteiger partial charge in [0.1, 0.15) is 11.0 Å². The minimum absolute atomic E-state index is 0.105. The maximum absolute atomic E-state index is 12.2. The van der Waals surface area contributed by atoms with Crippen LogP contribution in [0.25, 0.3) is 22.3 Å². The van der Waals surface area contributed by atoms with Gasteiger partial charge >= 0.3 is 0 Å². The summed E-state index contributed by atoms with van der Waals surface area (Å²) in [6, 6.07) is 0. The highest BCUT2D eigenvalue weighted by Crippen LogP contribution is 2.26. The van der Waals surface area contributed by atoms with E-state index >= 15 is 0 Å². The van der Waals surface area contributed by atoms with Crippen LogP contribution < -0.4 is 27.0 Å². The van der Waals surface area contributed by atoms with Gasteiger partial charge in [0.15, 0.2) is 22.3 Å². The second-order valence-corrected chi connectivity index (χ2v) is 8.83. The van der Waals surface area contributed by atoms with Crippen LogP contribution in [0.3, 0.4) is 0 Å². The van der Waals surface area contributed by atoms with Crippen LogP contribution in [0.15, 0.2) is 11.5 Å². The molecule has 4 heterocycles. The predicted molar refractivity (Wildman–Crippen MR) is 141 cm³/mol. The number of hydrogen-bond acceptors (Lipinski definition) is 12. The second-order valence-electron chi connectivity index (χ2n) is 7.89. The molecule has 4 aromatic rings. The smallest absolute Gasteiger partial charge is 0.230 e. The summed E-state index contributed by atoms with van der Waals surface area (Å²) in [6.07, 6.45) is 1.55. The number of nitrogens with zero attached hydrogens (tertiary/aromatic N) is 8. The zero-order valence-corrected chi connectivity index (χ0v) is 21.4. The van der Waals surface area contributed by atoms with Crippen LogP contribution in [0, 0.1) is 6.92 Å². The lowest BCUT2D eigenvalue weighted by Gasteiger charge is -2.19. The third-order valence-electron chi connectivity index (χ3n) is 5.50. The number of carbonyl (C=O) groups is 1. The molecule has 7 N–H and O–H groups in total. The van der Waals surface area contributed by atoms with Crippen molar-refractivity contribution in [1.82, 2.24) is 44.8 Å². The Morgan fingerprint density at radius 1 is 1.17 bits per heavy atom. The molecule has 4 aromatic heterocycles. The average Bonchev–Trinajstić information content (AvgIpc) is 3.47. The molecule has 1 amide bonds. The second kappa shape index (κ2) is 11.3. The summed E-state index contributed by atoms with van der Waals surface area (Å²) in [5.74, 6) is 1.45. The van der Waals surface area contributed by atoms with Crippen molar-refractivity contribution in [3.63, 3.8) is 0 Å². The lowest BCUT2D eigenvalue weighted by Crippen LogP contribution is -2.30. The molecule has 15 heteroatoms. The molecular formula is C21H31N13OS. The Balaban J connectivity index is 1.63. The number of hydrogen-bond donors (Lipinski definition) is 5. The molecule has 0 fully saturated rings. The molecular weight excluding hydrogens is 482 g/mol. The van der Waals surface area contributed by atoms with Gasteiger partial charge < -0.3 is 36.6 Å². The van der Waals surface area contributed by atoms with Crippen molar-refractivity contribution in [2.45, 2.75) is 32.5 Å². The van der Waals surface area contributed by atoms with Crippen LogP contribution in [0.2, 0.25) is 0 Å². The van der Waals surface area contributed by atoms with Gasteiger partial charge in [-0.1, -0.05) is 11.8 Å². The van der Waals surface area contributed by atoms with Gasteiger partial charge in [-0.2, -0.15) is 15.0 Å². The summed E-state index contributed by atoms with van der Waals surface area (Å²) in [5, 5.41) is 6.77. The van der Waals surface area contributed by atoms with E-state index in [9.17, 15) is 4.79 Å². The highest BCUT2D eigenvalue weighted by molar-refractivity contribution is 7.99. The number of thioether (sulfide) groups is 1. The fraction of sp³-hybridized carbons (Fsp3) is 0.476. The number of aromatic nitrogens is 8. The molecule has 0 atom stereocenters. The Morgan fingerprint density at radius 3 is 2.72 bits per heavy atom. The fourth-order valence-corrected chi connectivity index (χ4v) is 4.57. The van der Waals surface area contributed by atoms with Gasteiger partial charge in [0.05, 0.1) is 17.8 Å². The van der Waals surface area contributed by atoms with Crippen molar-refractivity contribution in [2.75, 3.05) is 54.4 Å². The molecule has 36 heavy (non-hydrogen) atoms. The van der Waals surface area contributed by atoms with E-state index in [0.29, 0.717) is 65.4 Å². The Hall–Kier alpha value is -3.72. The predicted octanol–water partition coefficient (Wildman–Crippen LogP) is 0.509. The zero-order valence-electron chi connectivity index (χ0n) is 20.6. The molecule has 0 radical (unpaired) electrons. The van der Waals surface area contributed by atoms with E-state index in [2.05, 4.69) is 54.3 Å². The summed E-state index contributed by atoms with van der Waals surface area (Å²) < 4.78 is 2.00. The van der Waals surface area contributed by atoms with Crippen LogP contribution in [0.4, 0.5) is 17.7 Å². The van der Waals surface area contributed by atoms with E-state index in [4.69, 9.17) is 21.4 Å². The maximum Gasteiger partial charge on any atom is 0.230 e. The Labute approximate surface area is 212 Å². The Kier molecular flexibility index (Phi) is 8.00. The van der Waals surface area contributed by atoms with E-state index in [1.165, 1.54) is 11.8 Å². The largest absolute Gasteiger partial charge is 0.368 e. The van der Waals surface area contributed by atoms with Crippen LogP contribution in [0.1, 0.15) is 19.5 Å². The standard InChI is InChI=1S/C21H31N13OS/c1-4-33(5-2)20-28-12(3)14-18(32-20)34(21(29-14)36-10-13(35)24-7-6-22)9-8-25-16-15-17(27-11-26-15)31-19(23)30-16/h11H,4-10,22H2,1-3H3,(H,24,35)(H4,23,25,26,27,30,31). The van der Waals surface area contributed by atoms with Gasteiger partial charge in [-0.15, -0.1) is 0 Å². The third-order valence-corrected chi connectivity index (χ3v) is 6.47. The molecule has 0 bridgehead atoms. The number of carbonyl (C=O) groups excluding carboxylic acids is 1. The number of anilines is 3. The zero-order chi connectivity index (χ0) is 25.7. The lowest BCUT2D eigenvalue weighted by atomic mass is 10.4. The molecule has 0 aliphatic heterocycles. The van der Waals surface area contributed by atoms with Gasteiger partial charge in [-0.05, 0) is 20.8 Å². The van der Waals surface area contributed by atoms with E-state index in [-0.39, 0.29) is 17.6 Å². The first kappa shape index (κ1) is 25.4. The molecule has 0 aliphatic rings. The minimum Gasteiger partial charge on any atom is -0.368 e. The number of amides is 1. The van der Waals surface area contributed by atoms with Crippen molar-refractivity contribution in [1.29, 1.82) is 0 Å². The third kappa shape index (κ3) is 5.41. The van der Waals surface area contributed by atoms with Crippen molar-refractivity contribution < 1.29 is 4.79 Å². The summed E-state index contributed by atoms with van der Waals surface area (Å²) >= 11 is 1.35. The molecule has 4 rings (SSSR count). The minimum atomic E-state index is -0.105. The first-order valence-electron chi connectivity index (χ1n) is 11.7. The van der Waals surface area contributed by atoms with Gasteiger partial charge in [0.25, 0.3) is 0 Å². The highest BCUT2D eigenvalue weighted by Gasteiger charge is 2.19. The molecule has 0 aliphatic carbocycles. The summed E-state index contributed by atoms with van der Waals surface area (Å²) in [6.45, 7) is 9.46. The van der Waals surface area contributed by atoms with Crippen molar-refractivity contribution in [3.05, 3.63) is 12.0 Å². The van der Waals surface area contributed by atoms with Gasteiger partial charge in [0.2, 0.25) is 17.8 Å². The number of rotatable bonds is 12. The van der Waals surface area contributed by atoms with Crippen molar-refractivity contribution >= 4 is 57.7 Å². The van der Waals surface area contributed by atoms with E-state index in [1.807, 2.05) is 11.5 Å². The maximum atomic E-state index is 12.2. The van der Waals surface area contributed by atoms with Crippen LogP contribution in [-0.4, -0.2) is 83.8 Å². The monoisotopic (exact) mass is 513 g/mol. The van der Waals surface area contributed by atoms with Crippen LogP contribution in [-0.2, 0) is 11.3 Å². The molecule has 0 saturated carbocycles. The normalized spacial score (nSPS) is 11.3. The summed E-state index contributed by atoms with van der Waals surface area (Å²) in [4.78, 5) is 44.2. The molecule has 0 aromatic carbocycles. The molecule has 0 saturated heterocycles. The summed E-state index contributed by atoms with van der Waals surface area (Å²) in [7, 11) is 0. The van der Waals surface area contributed by atoms with E-state index < -0.39 is 0 Å². The first-order valence-corrected chi connectivity index (χ1v) is 12.7. The molecule has 192 valence electrons. The van der Waals surface area contributed by atoms with E-state index in [0.717, 1.165) is 18.8 Å². The Morgan fingerprint density at radius 2 is 1.97 bits per heavy atom. The van der Waals surface area contributed by atoms with Gasteiger partial charge in [-0.3, -0.25) is 4.79 Å². The van der Waals surface area contributed by atoms with Crippen molar-refractivity contribution in [2.24, 2.45) is 5.73 Å². The number of nitrogens with one attached hydrogen (secondary N) is 3. The first-order chi connectivity index (χ1) is 17.4. The van der Waals surface area contributed by atoms with E-state index in [1.54, 1.807) is 6.33 Å². The topological polar surface area (TPSA) is 194 Å². The molecule has 0 spiro atoms. The average molecular weight is 514 g/mol. The number of imidazole rings is 2. The quantitative estimate of drug-likeness (QED) is 0.165. The number of fused-ring (bicyclic) bond motifs is 2. The highest BCUT2D eigenvalue weighted by atomic mass is 32.2. The number of nitrogens with two attached hydrogens (primary N) is 2. The number of aromatic amines is 1. The number of nitrogen functional groups attached to an aromatic ring is 1. The number of aryl methyl sites for hydroxylation is 1. The van der Waals surface area contributed by atoms with Gasteiger partial charge in [0, 0.05) is 39.3 Å². The lowest BCUT2D eigenvalue weighted by molar-refractivity contribution is -0.118. The Bertz CT molecular complexity index is 1350. The molecule has 14 nitrogen and oxygen atoms in total. The van der Waals surface area contributed by atoms with Crippen molar-refractivity contribution in [3.8, 4) is 0 Å². The molecule has 0 unspecified atom stereocenters. The SMILES string of the molecule is CCN(CC)c1nc(C)c2nc(SCC(=O)NCCN)n(CCNc3nc(N)nc4nc[nH]c34)c2n1.